The Morgan fingerprint density at radius 3 is 2.52 bits per heavy atom. The van der Waals surface area contributed by atoms with Gasteiger partial charge in [-0.3, -0.25) is 4.79 Å². The van der Waals surface area contributed by atoms with Crippen LogP contribution in [0.1, 0.15) is 20.8 Å². The number of nitrogens with one attached hydrogen (secondary N) is 1. The molecule has 0 fully saturated rings. The molecule has 3 rings (SSSR count). The SMILES string of the molecule is COC(=O)c1ccc(Cl)c(NC(=O)c2csc(-c3ccc(OC)cc3)n2)c1. The van der Waals surface area contributed by atoms with Crippen LogP contribution in [0.5, 0.6) is 5.75 Å². The Kier molecular flexibility index (Phi) is 5.73. The van der Waals surface area contributed by atoms with Gasteiger partial charge in [-0.2, -0.15) is 0 Å². The van der Waals surface area contributed by atoms with Gasteiger partial charge in [-0.25, -0.2) is 9.78 Å². The summed E-state index contributed by atoms with van der Waals surface area (Å²) in [5, 5.41) is 5.35. The van der Waals surface area contributed by atoms with E-state index >= 15 is 0 Å². The van der Waals surface area contributed by atoms with E-state index in [0.29, 0.717) is 15.7 Å². The van der Waals surface area contributed by atoms with Crippen molar-refractivity contribution >= 4 is 40.5 Å². The third kappa shape index (κ3) is 4.27. The predicted molar refractivity (Wildman–Crippen MR) is 105 cm³/mol. The van der Waals surface area contributed by atoms with Crippen molar-refractivity contribution in [1.82, 2.24) is 4.98 Å². The fourth-order valence-electron chi connectivity index (χ4n) is 2.30. The van der Waals surface area contributed by atoms with Crippen LogP contribution in [-0.4, -0.2) is 31.1 Å². The minimum absolute atomic E-state index is 0.255. The average Bonchev–Trinajstić information content (AvgIpc) is 3.19. The topological polar surface area (TPSA) is 77.5 Å². The van der Waals surface area contributed by atoms with Crippen LogP contribution in [0.15, 0.2) is 47.8 Å². The Morgan fingerprint density at radius 2 is 1.85 bits per heavy atom. The van der Waals surface area contributed by atoms with Gasteiger partial charge in [-0.15, -0.1) is 11.3 Å². The van der Waals surface area contributed by atoms with E-state index in [1.807, 2.05) is 24.3 Å². The first-order chi connectivity index (χ1) is 13.0. The summed E-state index contributed by atoms with van der Waals surface area (Å²) in [7, 11) is 2.88. The van der Waals surface area contributed by atoms with Gasteiger partial charge in [0.1, 0.15) is 16.5 Å². The molecule has 0 atom stereocenters. The molecule has 6 nitrogen and oxygen atoms in total. The summed E-state index contributed by atoms with van der Waals surface area (Å²) >= 11 is 7.46. The van der Waals surface area contributed by atoms with E-state index in [1.165, 1.54) is 36.6 Å². The minimum atomic E-state index is -0.516. The van der Waals surface area contributed by atoms with Crippen molar-refractivity contribution in [2.75, 3.05) is 19.5 Å². The van der Waals surface area contributed by atoms with E-state index in [2.05, 4.69) is 15.0 Å². The Hall–Kier alpha value is -2.90. The van der Waals surface area contributed by atoms with Crippen molar-refractivity contribution in [3.63, 3.8) is 0 Å². The molecule has 1 heterocycles. The second-order valence-electron chi connectivity index (χ2n) is 5.41. The monoisotopic (exact) mass is 402 g/mol. The number of hydrogen-bond donors (Lipinski definition) is 1. The summed E-state index contributed by atoms with van der Waals surface area (Å²) in [4.78, 5) is 28.5. The summed E-state index contributed by atoms with van der Waals surface area (Å²) < 4.78 is 9.81. The van der Waals surface area contributed by atoms with Crippen LogP contribution in [0.4, 0.5) is 5.69 Å². The van der Waals surface area contributed by atoms with Crippen LogP contribution in [-0.2, 0) is 4.74 Å². The number of esters is 1. The van der Waals surface area contributed by atoms with Gasteiger partial charge in [0.2, 0.25) is 0 Å². The molecule has 3 aromatic rings. The molecule has 0 spiro atoms. The molecule has 1 N–H and O–H groups in total. The zero-order chi connectivity index (χ0) is 19.4. The Balaban J connectivity index is 1.79. The molecule has 1 amide bonds. The van der Waals surface area contributed by atoms with Crippen LogP contribution in [0.3, 0.4) is 0 Å². The van der Waals surface area contributed by atoms with Crippen molar-refractivity contribution in [3.8, 4) is 16.3 Å². The smallest absolute Gasteiger partial charge is 0.337 e. The zero-order valence-corrected chi connectivity index (χ0v) is 16.1. The fourth-order valence-corrected chi connectivity index (χ4v) is 3.27. The van der Waals surface area contributed by atoms with Crippen LogP contribution in [0, 0.1) is 0 Å². The van der Waals surface area contributed by atoms with Gasteiger partial charge in [-0.1, -0.05) is 11.6 Å². The van der Waals surface area contributed by atoms with Gasteiger partial charge in [0, 0.05) is 10.9 Å². The Bertz CT molecular complexity index is 986. The van der Waals surface area contributed by atoms with Crippen molar-refractivity contribution in [3.05, 3.63) is 64.1 Å². The first-order valence-electron chi connectivity index (χ1n) is 7.81. The second kappa shape index (κ2) is 8.20. The first kappa shape index (κ1) is 18.9. The number of carbonyl (C=O) groups is 2. The standard InChI is InChI=1S/C19H15ClN2O4S/c1-25-13-6-3-11(4-7-13)18-22-16(10-27-18)17(23)21-15-9-12(19(24)26-2)5-8-14(15)20/h3-10H,1-2H3,(H,21,23). The molecule has 0 aliphatic rings. The number of amides is 1. The maximum Gasteiger partial charge on any atom is 0.337 e. The van der Waals surface area contributed by atoms with Crippen molar-refractivity contribution in [2.24, 2.45) is 0 Å². The molecule has 2 aromatic carbocycles. The molecule has 0 aliphatic carbocycles. The van der Waals surface area contributed by atoms with Crippen molar-refractivity contribution in [2.45, 2.75) is 0 Å². The number of hydrogen-bond acceptors (Lipinski definition) is 6. The normalized spacial score (nSPS) is 10.3. The minimum Gasteiger partial charge on any atom is -0.497 e. The number of rotatable bonds is 5. The van der Waals surface area contributed by atoms with Crippen LogP contribution in [0.25, 0.3) is 10.6 Å². The number of carbonyl (C=O) groups excluding carboxylic acids is 2. The maximum atomic E-state index is 12.5. The number of benzene rings is 2. The number of anilines is 1. The average molecular weight is 403 g/mol. The van der Waals surface area contributed by atoms with E-state index in [1.54, 1.807) is 12.5 Å². The third-order valence-electron chi connectivity index (χ3n) is 3.71. The number of nitrogens with zero attached hydrogens (tertiary/aromatic N) is 1. The lowest BCUT2D eigenvalue weighted by molar-refractivity contribution is 0.0600. The highest BCUT2D eigenvalue weighted by Gasteiger charge is 2.15. The second-order valence-corrected chi connectivity index (χ2v) is 6.67. The van der Waals surface area contributed by atoms with Gasteiger partial charge in [0.25, 0.3) is 5.91 Å². The predicted octanol–water partition coefficient (Wildman–Crippen LogP) is 4.51. The molecule has 0 saturated carbocycles. The molecular weight excluding hydrogens is 388 g/mol. The lowest BCUT2D eigenvalue weighted by atomic mass is 10.2. The van der Waals surface area contributed by atoms with E-state index in [-0.39, 0.29) is 11.3 Å². The Morgan fingerprint density at radius 1 is 1.11 bits per heavy atom. The van der Waals surface area contributed by atoms with Crippen LogP contribution in [0.2, 0.25) is 5.02 Å². The van der Waals surface area contributed by atoms with Crippen molar-refractivity contribution < 1.29 is 19.1 Å². The molecule has 138 valence electrons. The largest absolute Gasteiger partial charge is 0.497 e. The number of ether oxygens (including phenoxy) is 2. The number of thiazole rings is 1. The summed E-state index contributed by atoms with van der Waals surface area (Å²) in [6.45, 7) is 0. The van der Waals surface area contributed by atoms with Gasteiger partial charge < -0.3 is 14.8 Å². The summed E-state index contributed by atoms with van der Waals surface area (Å²) in [5.74, 6) is -0.194. The molecule has 0 bridgehead atoms. The molecule has 0 aliphatic heterocycles. The molecular formula is C19H15ClN2O4S. The number of aromatic nitrogens is 1. The summed E-state index contributed by atoms with van der Waals surface area (Å²) in [5.41, 5.74) is 1.73. The molecule has 8 heteroatoms. The first-order valence-corrected chi connectivity index (χ1v) is 9.06. The lowest BCUT2D eigenvalue weighted by Gasteiger charge is -2.07. The van der Waals surface area contributed by atoms with Gasteiger partial charge in [0.15, 0.2) is 0 Å². The molecule has 0 saturated heterocycles. The maximum absolute atomic E-state index is 12.5. The molecule has 0 unspecified atom stereocenters. The summed E-state index contributed by atoms with van der Waals surface area (Å²) in [6.07, 6.45) is 0. The van der Waals surface area contributed by atoms with Crippen LogP contribution >= 0.6 is 22.9 Å². The zero-order valence-electron chi connectivity index (χ0n) is 14.5. The quantitative estimate of drug-likeness (QED) is 0.635. The highest BCUT2D eigenvalue weighted by atomic mass is 35.5. The third-order valence-corrected chi connectivity index (χ3v) is 4.93. The lowest BCUT2D eigenvalue weighted by Crippen LogP contribution is -2.13. The molecule has 27 heavy (non-hydrogen) atoms. The number of halogens is 1. The van der Waals surface area contributed by atoms with Gasteiger partial charge >= 0.3 is 5.97 Å². The van der Waals surface area contributed by atoms with Crippen LogP contribution < -0.4 is 10.1 Å². The Labute approximate surface area is 164 Å². The van der Waals surface area contributed by atoms with E-state index < -0.39 is 11.9 Å². The van der Waals surface area contributed by atoms with E-state index in [9.17, 15) is 9.59 Å². The molecule has 1 aromatic heterocycles. The molecule has 0 radical (unpaired) electrons. The number of methoxy groups -OCH3 is 2. The fraction of sp³-hybridized carbons (Fsp3) is 0.105. The van der Waals surface area contributed by atoms with Crippen molar-refractivity contribution in [1.29, 1.82) is 0 Å². The summed E-state index contributed by atoms with van der Waals surface area (Å²) in [6, 6.07) is 11.9. The highest BCUT2D eigenvalue weighted by molar-refractivity contribution is 7.13. The van der Waals surface area contributed by atoms with E-state index in [0.717, 1.165) is 11.3 Å². The van der Waals surface area contributed by atoms with Gasteiger partial charge in [0.05, 0.1) is 30.5 Å². The van der Waals surface area contributed by atoms with E-state index in [4.69, 9.17) is 16.3 Å². The van der Waals surface area contributed by atoms with Gasteiger partial charge in [-0.05, 0) is 42.5 Å². The highest BCUT2D eigenvalue weighted by Crippen LogP contribution is 2.27.